The van der Waals surface area contributed by atoms with E-state index in [-0.39, 0.29) is 11.6 Å². The minimum atomic E-state index is -0.395. The van der Waals surface area contributed by atoms with Gasteiger partial charge in [-0.25, -0.2) is 0 Å². The first-order valence-corrected chi connectivity index (χ1v) is 11.4. The third kappa shape index (κ3) is 8.50. The molecular formula is C24H37BrN2O3. The number of aromatic nitrogens is 1. The molecule has 168 valence electrons. The fraction of sp³-hybridized carbons (Fsp3) is 0.583. The highest BCUT2D eigenvalue weighted by atomic mass is 79.9. The van der Waals surface area contributed by atoms with Crippen molar-refractivity contribution in [1.29, 1.82) is 0 Å². The molecule has 0 saturated heterocycles. The van der Waals surface area contributed by atoms with Crippen LogP contribution >= 0.6 is 15.9 Å². The lowest BCUT2D eigenvalue weighted by Crippen LogP contribution is -2.21. The molecule has 1 heterocycles. The van der Waals surface area contributed by atoms with Crippen LogP contribution < -0.4 is 5.73 Å². The number of carbonyl (C=O) groups is 2. The summed E-state index contributed by atoms with van der Waals surface area (Å²) in [7, 11) is 0. The van der Waals surface area contributed by atoms with Crippen molar-refractivity contribution in [2.45, 2.75) is 85.7 Å². The van der Waals surface area contributed by atoms with Crippen molar-refractivity contribution in [3.05, 3.63) is 33.9 Å². The number of hydrogen-bond acceptors (Lipinski definition) is 3. The van der Waals surface area contributed by atoms with Gasteiger partial charge in [-0.3, -0.25) is 9.59 Å². The van der Waals surface area contributed by atoms with Gasteiger partial charge in [-0.15, -0.1) is 0 Å². The Balaban J connectivity index is 0.000000479. The summed E-state index contributed by atoms with van der Waals surface area (Å²) in [6, 6.07) is 3.87. The van der Waals surface area contributed by atoms with Crippen LogP contribution in [0, 0.1) is 5.92 Å². The maximum absolute atomic E-state index is 11.7. The summed E-state index contributed by atoms with van der Waals surface area (Å²) in [5.74, 6) is 0.611. The first-order valence-electron chi connectivity index (χ1n) is 10.7. The van der Waals surface area contributed by atoms with Gasteiger partial charge in [0.1, 0.15) is 5.60 Å². The van der Waals surface area contributed by atoms with E-state index in [1.165, 1.54) is 25.3 Å². The lowest BCUT2D eigenvalue weighted by atomic mass is 9.87. The van der Waals surface area contributed by atoms with Crippen LogP contribution in [0.25, 0.3) is 10.9 Å². The summed E-state index contributed by atoms with van der Waals surface area (Å²) in [4.78, 5) is 25.2. The van der Waals surface area contributed by atoms with Crippen LogP contribution in [-0.2, 0) is 9.53 Å². The van der Waals surface area contributed by atoms with Crippen molar-refractivity contribution in [3.63, 3.8) is 0 Å². The van der Waals surface area contributed by atoms with Crippen molar-refractivity contribution in [2.75, 3.05) is 0 Å². The van der Waals surface area contributed by atoms with Gasteiger partial charge in [0.25, 0.3) is 5.91 Å². The predicted molar refractivity (Wildman–Crippen MR) is 128 cm³/mol. The van der Waals surface area contributed by atoms with Crippen LogP contribution in [0.3, 0.4) is 0 Å². The van der Waals surface area contributed by atoms with Gasteiger partial charge in [0.15, 0.2) is 0 Å². The maximum atomic E-state index is 11.7. The number of halogens is 1. The number of nitrogens with two attached hydrogens (primary N) is 1. The normalized spacial score (nSPS) is 12.4. The molecule has 1 amide bonds. The van der Waals surface area contributed by atoms with E-state index in [9.17, 15) is 9.59 Å². The number of hydrogen-bond donors (Lipinski definition) is 2. The number of primary amides is 1. The smallest absolute Gasteiger partial charge is 0.303 e. The van der Waals surface area contributed by atoms with Gasteiger partial charge in [-0.05, 0) is 63.1 Å². The Morgan fingerprint density at radius 2 is 1.80 bits per heavy atom. The Labute approximate surface area is 189 Å². The summed E-state index contributed by atoms with van der Waals surface area (Å²) in [6.07, 6.45) is 6.78. The second kappa shape index (κ2) is 11.5. The molecular weight excluding hydrogens is 444 g/mol. The van der Waals surface area contributed by atoms with E-state index in [1.807, 2.05) is 20.8 Å². The average Bonchev–Trinajstić information content (AvgIpc) is 2.99. The Morgan fingerprint density at radius 1 is 1.17 bits per heavy atom. The number of carbonyl (C=O) groups excluding carboxylic acids is 2. The largest absolute Gasteiger partial charge is 0.460 e. The zero-order chi connectivity index (χ0) is 23.1. The standard InChI is InChI=1S/C18H25BrN2O.C6H12O2/c1-4-5-12(7-6-11(2)3)16-10-21-17-14(16)8-13(19)9-15(17)18(20)22;1-5(7)8-6(2,3)4/h8-12,21H,4-7H2,1-3H3,(H2,20,22);1-4H3. The van der Waals surface area contributed by atoms with Crippen molar-refractivity contribution >= 4 is 38.7 Å². The molecule has 1 aromatic carbocycles. The zero-order valence-electron chi connectivity index (χ0n) is 19.4. The van der Waals surface area contributed by atoms with Crippen LogP contribution in [0.5, 0.6) is 0 Å². The Hall–Kier alpha value is -1.82. The van der Waals surface area contributed by atoms with E-state index in [2.05, 4.69) is 53.9 Å². The second-order valence-corrected chi connectivity index (χ2v) is 10.1. The van der Waals surface area contributed by atoms with E-state index in [0.29, 0.717) is 17.4 Å². The molecule has 6 heteroatoms. The molecule has 0 spiro atoms. The maximum Gasteiger partial charge on any atom is 0.303 e. The molecule has 1 aromatic heterocycles. The van der Waals surface area contributed by atoms with E-state index in [1.54, 1.807) is 6.07 Å². The molecule has 1 unspecified atom stereocenters. The lowest BCUT2D eigenvalue weighted by molar-refractivity contribution is -0.151. The fourth-order valence-corrected chi connectivity index (χ4v) is 3.98. The number of esters is 1. The Bertz CT molecular complexity index is 850. The van der Waals surface area contributed by atoms with E-state index in [4.69, 9.17) is 10.5 Å². The van der Waals surface area contributed by atoms with E-state index >= 15 is 0 Å². The van der Waals surface area contributed by atoms with Gasteiger partial charge < -0.3 is 15.5 Å². The molecule has 0 bridgehead atoms. The monoisotopic (exact) mass is 480 g/mol. The van der Waals surface area contributed by atoms with E-state index < -0.39 is 5.91 Å². The fourth-order valence-electron chi connectivity index (χ4n) is 3.52. The van der Waals surface area contributed by atoms with Gasteiger partial charge >= 0.3 is 5.97 Å². The molecule has 0 saturated carbocycles. The van der Waals surface area contributed by atoms with Crippen LogP contribution in [0.2, 0.25) is 0 Å². The predicted octanol–water partition coefficient (Wildman–Crippen LogP) is 6.70. The van der Waals surface area contributed by atoms with Gasteiger partial charge in [0.2, 0.25) is 0 Å². The average molecular weight is 481 g/mol. The van der Waals surface area contributed by atoms with Gasteiger partial charge in [0, 0.05) is 23.0 Å². The number of aromatic amines is 1. The highest BCUT2D eigenvalue weighted by Crippen LogP contribution is 2.35. The Morgan fingerprint density at radius 3 is 2.23 bits per heavy atom. The van der Waals surface area contributed by atoms with Crippen LogP contribution in [0.15, 0.2) is 22.8 Å². The molecule has 0 aliphatic heterocycles. The molecule has 30 heavy (non-hydrogen) atoms. The van der Waals surface area contributed by atoms with Crippen LogP contribution in [-0.4, -0.2) is 22.5 Å². The lowest BCUT2D eigenvalue weighted by Gasteiger charge is -2.17. The van der Waals surface area contributed by atoms with Gasteiger partial charge in [-0.1, -0.05) is 49.5 Å². The Kier molecular flexibility index (Phi) is 10.1. The minimum absolute atomic E-state index is 0.225. The van der Waals surface area contributed by atoms with Crippen molar-refractivity contribution in [1.82, 2.24) is 4.98 Å². The minimum Gasteiger partial charge on any atom is -0.460 e. The van der Waals surface area contributed by atoms with Crippen molar-refractivity contribution in [2.24, 2.45) is 11.7 Å². The van der Waals surface area contributed by atoms with Gasteiger partial charge in [-0.2, -0.15) is 0 Å². The zero-order valence-corrected chi connectivity index (χ0v) is 21.0. The third-order valence-electron chi connectivity index (χ3n) is 4.67. The first kappa shape index (κ1) is 26.2. The summed E-state index contributed by atoms with van der Waals surface area (Å²) in [5, 5.41) is 1.12. The molecule has 2 aromatic rings. The molecule has 2 rings (SSSR count). The molecule has 1 atom stereocenters. The highest BCUT2D eigenvalue weighted by Gasteiger charge is 2.19. The third-order valence-corrected chi connectivity index (χ3v) is 5.13. The number of nitrogens with one attached hydrogen (secondary N) is 1. The SMILES string of the molecule is CC(=O)OC(C)(C)C.CCCC(CCC(C)C)c1c[nH]c2c(C(N)=O)cc(Br)cc12. The number of H-pyrrole nitrogens is 1. The summed E-state index contributed by atoms with van der Waals surface area (Å²) >= 11 is 3.50. The quantitative estimate of drug-likeness (QED) is 0.432. The molecule has 0 fully saturated rings. The second-order valence-electron chi connectivity index (χ2n) is 9.15. The molecule has 0 aliphatic carbocycles. The molecule has 0 radical (unpaired) electrons. The van der Waals surface area contributed by atoms with Gasteiger partial charge in [0.05, 0.1) is 11.1 Å². The molecule has 0 aliphatic rings. The first-order chi connectivity index (χ1) is 13.9. The van der Waals surface area contributed by atoms with Crippen LogP contribution in [0.4, 0.5) is 0 Å². The molecule has 5 nitrogen and oxygen atoms in total. The number of benzene rings is 1. The summed E-state index contributed by atoms with van der Waals surface area (Å²) < 4.78 is 5.70. The number of fused-ring (bicyclic) bond motifs is 1. The summed E-state index contributed by atoms with van der Waals surface area (Å²) in [5.41, 5.74) is 7.90. The van der Waals surface area contributed by atoms with Crippen molar-refractivity contribution < 1.29 is 14.3 Å². The topological polar surface area (TPSA) is 85.2 Å². The van der Waals surface area contributed by atoms with E-state index in [0.717, 1.165) is 28.2 Å². The summed E-state index contributed by atoms with van der Waals surface area (Å²) in [6.45, 7) is 13.7. The molecule has 3 N–H and O–H groups in total. The van der Waals surface area contributed by atoms with Crippen LogP contribution in [0.1, 0.15) is 96.0 Å². The number of rotatable bonds is 7. The van der Waals surface area contributed by atoms with Crippen molar-refractivity contribution in [3.8, 4) is 0 Å². The number of ether oxygens (including phenoxy) is 1. The number of amides is 1. The highest BCUT2D eigenvalue weighted by molar-refractivity contribution is 9.10.